The molecule has 0 amide bonds. The summed E-state index contributed by atoms with van der Waals surface area (Å²) in [6.07, 6.45) is 0. The monoisotopic (exact) mass is 738 g/mol. The molecule has 0 saturated carbocycles. The Morgan fingerprint density at radius 3 is 1.00 bits per heavy atom. The molecule has 2 aliphatic rings. The molecule has 0 atom stereocenters. The quantitative estimate of drug-likeness (QED) is 0.124. The van der Waals surface area contributed by atoms with Crippen LogP contribution in [0.2, 0.25) is 0 Å². The van der Waals surface area contributed by atoms with Gasteiger partial charge in [0.1, 0.15) is 11.6 Å². The average molecular weight is 739 g/mol. The van der Waals surface area contributed by atoms with Crippen molar-refractivity contribution in [2.75, 3.05) is 9.80 Å². The highest BCUT2D eigenvalue weighted by molar-refractivity contribution is 6.37. The lowest BCUT2D eigenvalue weighted by atomic mass is 9.80. The summed E-state index contributed by atoms with van der Waals surface area (Å²) in [6, 6.07) is 24.1. The molecular weight excluding hydrogens is 691 g/mol. The lowest BCUT2D eigenvalue weighted by Crippen LogP contribution is -2.26. The van der Waals surface area contributed by atoms with Gasteiger partial charge in [-0.15, -0.1) is 0 Å². The normalized spacial score (nSPS) is 14.6. The molecule has 56 heavy (non-hydrogen) atoms. The molecule has 0 radical (unpaired) electrons. The van der Waals surface area contributed by atoms with Gasteiger partial charge in [-0.25, -0.2) is 8.78 Å². The van der Waals surface area contributed by atoms with E-state index in [4.69, 9.17) is 0 Å². The van der Waals surface area contributed by atoms with E-state index in [0.29, 0.717) is 54.8 Å². The fourth-order valence-corrected chi connectivity index (χ4v) is 9.83. The van der Waals surface area contributed by atoms with Crippen LogP contribution in [-0.2, 0) is 0 Å². The minimum Gasteiger partial charge on any atom is -0.310 e. The first-order valence-electron chi connectivity index (χ1n) is 19.9. The van der Waals surface area contributed by atoms with Gasteiger partial charge in [0.15, 0.2) is 0 Å². The lowest BCUT2D eigenvalue weighted by Gasteiger charge is -2.39. The van der Waals surface area contributed by atoms with Crippen LogP contribution >= 0.6 is 0 Å². The van der Waals surface area contributed by atoms with Crippen molar-refractivity contribution in [2.24, 2.45) is 0 Å². The van der Waals surface area contributed by atoms with Gasteiger partial charge in [-0.3, -0.25) is 0 Å². The molecule has 7 aromatic rings. The van der Waals surface area contributed by atoms with Gasteiger partial charge in [-0.2, -0.15) is 0 Å². The molecule has 2 heterocycles. The van der Waals surface area contributed by atoms with Crippen molar-refractivity contribution in [3.63, 3.8) is 0 Å². The second-order valence-electron chi connectivity index (χ2n) is 17.0. The average Bonchev–Trinajstić information content (AvgIpc) is 3.15. The van der Waals surface area contributed by atoms with Crippen molar-refractivity contribution >= 4 is 77.3 Å². The van der Waals surface area contributed by atoms with Crippen LogP contribution in [0.3, 0.4) is 0 Å². The zero-order valence-corrected chi connectivity index (χ0v) is 33.7. The maximum Gasteiger partial charge on any atom is 0.132 e. The summed E-state index contributed by atoms with van der Waals surface area (Å²) in [5.41, 5.74) is 12.8. The zero-order chi connectivity index (χ0) is 39.8. The number of hydrogen-bond acceptors (Lipinski definition) is 2. The zero-order valence-electron chi connectivity index (χ0n) is 33.7. The number of hydrogen-bond donors (Lipinski definition) is 0. The first-order chi connectivity index (χ1) is 26.6. The predicted octanol–water partition coefficient (Wildman–Crippen LogP) is 15.4. The summed E-state index contributed by atoms with van der Waals surface area (Å²) in [4.78, 5) is 4.24. The van der Waals surface area contributed by atoms with Crippen molar-refractivity contribution in [2.45, 2.75) is 79.1 Å². The van der Waals surface area contributed by atoms with Gasteiger partial charge in [0.2, 0.25) is 0 Å². The predicted molar refractivity (Wildman–Crippen MR) is 238 cm³/mol. The van der Waals surface area contributed by atoms with Crippen LogP contribution in [0.25, 0.3) is 65.9 Å². The van der Waals surface area contributed by atoms with E-state index in [-0.39, 0.29) is 35.3 Å². The maximum atomic E-state index is 17.2. The summed E-state index contributed by atoms with van der Waals surface area (Å²) in [6.45, 7) is 36.1. The van der Waals surface area contributed by atoms with E-state index in [9.17, 15) is 0 Å². The summed E-state index contributed by atoms with van der Waals surface area (Å²) in [5, 5.41) is 5.36. The van der Waals surface area contributed by atoms with Crippen molar-refractivity contribution < 1.29 is 8.78 Å². The SMILES string of the molecule is C=C1c2ccc3c4c(F)cc5c6c(ccc(c7c(F)cc(c2c37)C(=C)N1c1c(C(C)C)cccc1C(C)C)c64)C(=C)N(c1c(C(C)C)cccc1C(C)C)C5=C. The standard InChI is InChI=1S/C52H48F2N2/c1-25(2)33-15-13-16-34(26(3)4)51(33)55-29(9)37-19-21-39-48-44(54)24-42-32(12)56(52-35(27(5)6)17-14-18-36(52)28(7)8)30(10)38-20-22-40(50(48)46(38)42)47-43(53)23-41(31(55)11)45(37)49(39)47/h13-28H,9-12H2,1-8H3. The Balaban J connectivity index is 1.33. The third-order valence-electron chi connectivity index (χ3n) is 12.5. The minimum absolute atomic E-state index is 0.237. The summed E-state index contributed by atoms with van der Waals surface area (Å²) < 4.78 is 34.5. The lowest BCUT2D eigenvalue weighted by molar-refractivity contribution is 0.639. The molecule has 7 aromatic carbocycles. The van der Waals surface area contributed by atoms with Crippen LogP contribution in [0.15, 0.2) is 99.1 Å². The molecule has 0 N–H and O–H groups in total. The molecule has 0 aliphatic carbocycles. The van der Waals surface area contributed by atoms with Crippen molar-refractivity contribution in [3.8, 4) is 0 Å². The van der Waals surface area contributed by atoms with Crippen LogP contribution in [0.5, 0.6) is 0 Å². The van der Waals surface area contributed by atoms with Crippen LogP contribution in [-0.4, -0.2) is 0 Å². The van der Waals surface area contributed by atoms with Crippen molar-refractivity contribution in [3.05, 3.63) is 155 Å². The maximum absolute atomic E-state index is 17.2. The molecule has 0 bridgehead atoms. The molecule has 0 unspecified atom stereocenters. The highest BCUT2D eigenvalue weighted by Gasteiger charge is 2.36. The van der Waals surface area contributed by atoms with Gasteiger partial charge in [-0.05, 0) is 68.8 Å². The molecule has 280 valence electrons. The van der Waals surface area contributed by atoms with Crippen LogP contribution < -0.4 is 9.80 Å². The molecule has 4 heteroatoms. The van der Waals surface area contributed by atoms with E-state index in [0.717, 1.165) is 44.7 Å². The Bertz CT molecular complexity index is 2670. The largest absolute Gasteiger partial charge is 0.310 e. The highest BCUT2D eigenvalue weighted by Crippen LogP contribution is 2.55. The Morgan fingerprint density at radius 1 is 0.393 bits per heavy atom. The van der Waals surface area contributed by atoms with Crippen molar-refractivity contribution in [1.82, 2.24) is 0 Å². The third-order valence-corrected chi connectivity index (χ3v) is 12.5. The van der Waals surface area contributed by atoms with Crippen LogP contribution in [0.4, 0.5) is 20.2 Å². The first kappa shape index (κ1) is 35.9. The molecule has 2 nitrogen and oxygen atoms in total. The van der Waals surface area contributed by atoms with E-state index >= 15 is 8.78 Å². The molecule has 0 saturated heterocycles. The van der Waals surface area contributed by atoms with Gasteiger partial charge in [-0.1, -0.05) is 142 Å². The van der Waals surface area contributed by atoms with Crippen LogP contribution in [0.1, 0.15) is 124 Å². The van der Waals surface area contributed by atoms with Gasteiger partial charge in [0.05, 0.1) is 11.4 Å². The number of benzene rings is 7. The van der Waals surface area contributed by atoms with E-state index in [1.807, 2.05) is 24.3 Å². The number of halogens is 2. The number of rotatable bonds is 6. The summed E-state index contributed by atoms with van der Waals surface area (Å²) in [7, 11) is 0. The molecule has 9 rings (SSSR count). The summed E-state index contributed by atoms with van der Waals surface area (Å²) in [5.74, 6) is 0.216. The van der Waals surface area contributed by atoms with E-state index in [1.165, 1.54) is 22.3 Å². The molecule has 0 spiro atoms. The second-order valence-corrected chi connectivity index (χ2v) is 17.0. The van der Waals surface area contributed by atoms with Gasteiger partial charge in [0, 0.05) is 77.4 Å². The van der Waals surface area contributed by atoms with Gasteiger partial charge >= 0.3 is 0 Å². The topological polar surface area (TPSA) is 6.48 Å². The molecule has 0 fully saturated rings. The number of nitrogens with zero attached hydrogens (tertiary/aromatic N) is 2. The third kappa shape index (κ3) is 4.65. The Kier molecular flexibility index (Phi) is 7.94. The van der Waals surface area contributed by atoms with Crippen molar-refractivity contribution in [1.29, 1.82) is 0 Å². The van der Waals surface area contributed by atoms with E-state index < -0.39 is 0 Å². The Labute approximate surface area is 329 Å². The van der Waals surface area contributed by atoms with E-state index in [2.05, 4.69) is 128 Å². The molecule has 0 aromatic heterocycles. The van der Waals surface area contributed by atoms with Gasteiger partial charge < -0.3 is 9.80 Å². The fraction of sp³-hybridized carbons (Fsp3) is 0.231. The fourth-order valence-electron chi connectivity index (χ4n) is 9.83. The highest BCUT2D eigenvalue weighted by atomic mass is 19.1. The smallest absolute Gasteiger partial charge is 0.132 e. The first-order valence-corrected chi connectivity index (χ1v) is 19.9. The summed E-state index contributed by atoms with van der Waals surface area (Å²) >= 11 is 0. The minimum atomic E-state index is -0.366. The number of para-hydroxylation sites is 2. The second kappa shape index (κ2) is 12.4. The number of anilines is 2. The molecule has 2 aliphatic heterocycles. The van der Waals surface area contributed by atoms with Crippen LogP contribution in [0, 0.1) is 11.6 Å². The van der Waals surface area contributed by atoms with Gasteiger partial charge in [0.25, 0.3) is 0 Å². The van der Waals surface area contributed by atoms with E-state index in [1.54, 1.807) is 12.1 Å². The Hall–Kier alpha value is -5.74. The number of fused-ring (bicyclic) bond motifs is 2. The Morgan fingerprint density at radius 2 is 0.696 bits per heavy atom. The molecular formula is C52H48F2N2.